The van der Waals surface area contributed by atoms with E-state index in [-0.39, 0.29) is 5.91 Å². The van der Waals surface area contributed by atoms with Crippen LogP contribution in [0.25, 0.3) is 0 Å². The smallest absolute Gasteiger partial charge is 0.219 e. The summed E-state index contributed by atoms with van der Waals surface area (Å²) in [5.41, 5.74) is 0.905. The Bertz CT molecular complexity index is 587. The molecule has 1 amide bonds. The van der Waals surface area contributed by atoms with Crippen LogP contribution in [-0.2, 0) is 4.79 Å². The van der Waals surface area contributed by atoms with E-state index in [1.807, 2.05) is 29.2 Å². The first-order valence-electron chi connectivity index (χ1n) is 8.52. The molecule has 1 fully saturated rings. The summed E-state index contributed by atoms with van der Waals surface area (Å²) in [4.78, 5) is 15.7. The molecule has 1 aliphatic heterocycles. The van der Waals surface area contributed by atoms with E-state index in [2.05, 4.69) is 24.1 Å². The Morgan fingerprint density at radius 1 is 1.46 bits per heavy atom. The van der Waals surface area contributed by atoms with Gasteiger partial charge in [-0.1, -0.05) is 24.6 Å². The predicted octanol–water partition coefficient (Wildman–Crippen LogP) is 4.15. The van der Waals surface area contributed by atoms with Crippen LogP contribution in [0.2, 0.25) is 5.02 Å². The Morgan fingerprint density at radius 2 is 2.12 bits per heavy atom. The molecule has 1 aromatic carbocycles. The summed E-state index contributed by atoms with van der Waals surface area (Å²) < 4.78 is 0. The molecule has 24 heavy (non-hydrogen) atoms. The minimum absolute atomic E-state index is 0.156. The van der Waals surface area contributed by atoms with Gasteiger partial charge in [-0.3, -0.25) is 4.79 Å². The van der Waals surface area contributed by atoms with Crippen molar-refractivity contribution < 1.29 is 4.79 Å². The van der Waals surface area contributed by atoms with Crippen LogP contribution in [-0.4, -0.2) is 46.0 Å². The zero-order valence-electron chi connectivity index (χ0n) is 14.6. The number of nitrogens with one attached hydrogen (secondary N) is 1. The topological polar surface area (TPSA) is 35.6 Å². The molecule has 1 aromatic rings. The van der Waals surface area contributed by atoms with Crippen molar-refractivity contribution in [1.29, 1.82) is 0 Å². The molecular weight excluding hydrogens is 342 g/mol. The molecule has 6 heteroatoms. The highest BCUT2D eigenvalue weighted by Gasteiger charge is 2.29. The van der Waals surface area contributed by atoms with Gasteiger partial charge in [0.15, 0.2) is 5.11 Å². The van der Waals surface area contributed by atoms with Gasteiger partial charge in [0.2, 0.25) is 5.91 Å². The third kappa shape index (κ3) is 4.84. The van der Waals surface area contributed by atoms with Crippen molar-refractivity contribution in [1.82, 2.24) is 9.80 Å². The number of hydrogen-bond acceptors (Lipinski definition) is 2. The first-order chi connectivity index (χ1) is 11.4. The highest BCUT2D eigenvalue weighted by Crippen LogP contribution is 2.23. The van der Waals surface area contributed by atoms with Crippen molar-refractivity contribution in [3.8, 4) is 0 Å². The van der Waals surface area contributed by atoms with Gasteiger partial charge in [0.25, 0.3) is 0 Å². The van der Waals surface area contributed by atoms with Gasteiger partial charge in [-0.25, -0.2) is 0 Å². The van der Waals surface area contributed by atoms with Crippen LogP contribution < -0.4 is 5.32 Å². The number of rotatable bonds is 4. The second-order valence-electron chi connectivity index (χ2n) is 6.34. The van der Waals surface area contributed by atoms with E-state index in [0.717, 1.165) is 43.2 Å². The lowest BCUT2D eigenvalue weighted by Crippen LogP contribution is -2.52. The zero-order chi connectivity index (χ0) is 17.7. The molecule has 1 saturated heterocycles. The summed E-state index contributed by atoms with van der Waals surface area (Å²) in [5, 5.41) is 4.74. The number of amides is 1. The minimum Gasteiger partial charge on any atom is -0.343 e. The maximum absolute atomic E-state index is 11.5. The standard InChI is InChI=1S/C18H26ClN3OS/c1-4-13(2)22(17-8-10-21(11-9-17)14(3)23)18(24)20-16-7-5-6-15(19)12-16/h5-7,12-13,17H,4,8-11H2,1-3H3,(H,20,24). The first kappa shape index (κ1) is 19.0. The number of hydrogen-bond donors (Lipinski definition) is 1. The number of anilines is 1. The number of carbonyl (C=O) groups excluding carboxylic acids is 1. The van der Waals surface area contributed by atoms with Crippen molar-refractivity contribution in [2.45, 2.75) is 52.1 Å². The van der Waals surface area contributed by atoms with Crippen LogP contribution in [0.5, 0.6) is 0 Å². The highest BCUT2D eigenvalue weighted by molar-refractivity contribution is 7.80. The van der Waals surface area contributed by atoms with E-state index in [4.69, 9.17) is 23.8 Å². The molecule has 0 bridgehead atoms. The molecule has 0 spiro atoms. The molecule has 4 nitrogen and oxygen atoms in total. The van der Waals surface area contributed by atoms with E-state index in [9.17, 15) is 4.79 Å². The monoisotopic (exact) mass is 367 g/mol. The predicted molar refractivity (Wildman–Crippen MR) is 105 cm³/mol. The molecule has 0 saturated carbocycles. The SMILES string of the molecule is CCC(C)N(C(=S)Nc1cccc(Cl)c1)C1CCN(C(C)=O)CC1. The zero-order valence-corrected chi connectivity index (χ0v) is 16.2. The van der Waals surface area contributed by atoms with Crippen LogP contribution >= 0.6 is 23.8 Å². The molecule has 2 rings (SSSR count). The van der Waals surface area contributed by atoms with Crippen LogP contribution in [0, 0.1) is 0 Å². The molecule has 1 heterocycles. The number of benzene rings is 1. The normalized spacial score (nSPS) is 16.6. The van der Waals surface area contributed by atoms with E-state index in [0.29, 0.717) is 17.1 Å². The fourth-order valence-corrected chi connectivity index (χ4v) is 3.77. The Labute approximate surface area is 155 Å². The van der Waals surface area contributed by atoms with Gasteiger partial charge in [0, 0.05) is 42.8 Å². The van der Waals surface area contributed by atoms with E-state index >= 15 is 0 Å². The lowest BCUT2D eigenvalue weighted by Gasteiger charge is -2.42. The number of halogens is 1. The summed E-state index contributed by atoms with van der Waals surface area (Å²) >= 11 is 11.8. The van der Waals surface area contributed by atoms with Gasteiger partial charge in [0.05, 0.1) is 0 Å². The Morgan fingerprint density at radius 3 is 2.67 bits per heavy atom. The Hall–Kier alpha value is -1.33. The van der Waals surface area contributed by atoms with Gasteiger partial charge in [0.1, 0.15) is 0 Å². The lowest BCUT2D eigenvalue weighted by molar-refractivity contribution is -0.130. The van der Waals surface area contributed by atoms with Crippen molar-refractivity contribution >= 4 is 40.5 Å². The van der Waals surface area contributed by atoms with E-state index < -0.39 is 0 Å². The molecular formula is C18H26ClN3OS. The van der Waals surface area contributed by atoms with Gasteiger partial charge in [-0.15, -0.1) is 0 Å². The largest absolute Gasteiger partial charge is 0.343 e. The highest BCUT2D eigenvalue weighted by atomic mass is 35.5. The molecule has 1 N–H and O–H groups in total. The molecule has 1 unspecified atom stereocenters. The van der Waals surface area contributed by atoms with E-state index in [1.54, 1.807) is 6.92 Å². The molecule has 1 atom stereocenters. The summed E-state index contributed by atoms with van der Waals surface area (Å²) in [5.74, 6) is 0.156. The average Bonchev–Trinajstić information content (AvgIpc) is 2.55. The summed E-state index contributed by atoms with van der Waals surface area (Å²) in [7, 11) is 0. The second kappa shape index (κ2) is 8.67. The quantitative estimate of drug-likeness (QED) is 0.811. The maximum atomic E-state index is 11.5. The van der Waals surface area contributed by atoms with Crippen molar-refractivity contribution in [2.75, 3.05) is 18.4 Å². The molecule has 0 aliphatic carbocycles. The van der Waals surface area contributed by atoms with Crippen LogP contribution in [0.4, 0.5) is 5.69 Å². The maximum Gasteiger partial charge on any atom is 0.219 e. The molecule has 1 aliphatic rings. The van der Waals surface area contributed by atoms with Crippen LogP contribution in [0.15, 0.2) is 24.3 Å². The molecule has 0 aromatic heterocycles. The first-order valence-corrected chi connectivity index (χ1v) is 9.31. The van der Waals surface area contributed by atoms with Crippen molar-refractivity contribution in [2.24, 2.45) is 0 Å². The summed E-state index contributed by atoms with van der Waals surface area (Å²) in [6, 6.07) is 8.30. The minimum atomic E-state index is 0.156. The van der Waals surface area contributed by atoms with Gasteiger partial charge < -0.3 is 15.1 Å². The molecule has 132 valence electrons. The number of likely N-dealkylation sites (tertiary alicyclic amines) is 1. The lowest BCUT2D eigenvalue weighted by atomic mass is 10.0. The van der Waals surface area contributed by atoms with Gasteiger partial charge >= 0.3 is 0 Å². The Balaban J connectivity index is 2.08. The fraction of sp³-hybridized carbons (Fsp3) is 0.556. The molecule has 0 radical (unpaired) electrons. The third-order valence-electron chi connectivity index (χ3n) is 4.68. The van der Waals surface area contributed by atoms with E-state index in [1.165, 1.54) is 0 Å². The fourth-order valence-electron chi connectivity index (χ4n) is 3.14. The Kier molecular flexibility index (Phi) is 6.87. The van der Waals surface area contributed by atoms with Gasteiger partial charge in [-0.2, -0.15) is 0 Å². The van der Waals surface area contributed by atoms with Crippen LogP contribution in [0.1, 0.15) is 40.0 Å². The number of thiocarbonyl (C=S) groups is 1. The summed E-state index contributed by atoms with van der Waals surface area (Å²) in [6.45, 7) is 7.60. The van der Waals surface area contributed by atoms with Crippen molar-refractivity contribution in [3.63, 3.8) is 0 Å². The average molecular weight is 368 g/mol. The third-order valence-corrected chi connectivity index (χ3v) is 5.23. The second-order valence-corrected chi connectivity index (χ2v) is 7.17. The number of nitrogens with zero attached hydrogens (tertiary/aromatic N) is 2. The summed E-state index contributed by atoms with van der Waals surface area (Å²) in [6.07, 6.45) is 2.91. The van der Waals surface area contributed by atoms with Crippen molar-refractivity contribution in [3.05, 3.63) is 29.3 Å². The number of carbonyl (C=O) groups is 1. The van der Waals surface area contributed by atoms with Crippen LogP contribution in [0.3, 0.4) is 0 Å². The van der Waals surface area contributed by atoms with Gasteiger partial charge in [-0.05, 0) is 56.6 Å². The number of piperidine rings is 1.